The zero-order chi connectivity index (χ0) is 42.1. The van der Waals surface area contributed by atoms with E-state index >= 15 is 0 Å². The normalized spacial score (nSPS) is 13.7. The summed E-state index contributed by atoms with van der Waals surface area (Å²) in [5.74, 6) is 3.53. The second kappa shape index (κ2) is 12.2. The van der Waals surface area contributed by atoms with E-state index in [9.17, 15) is 0 Å². The molecule has 5 nitrogen and oxygen atoms in total. The van der Waals surface area contributed by atoms with Crippen molar-refractivity contribution >= 4 is 107 Å². The Kier molecular flexibility index (Phi) is 6.60. The summed E-state index contributed by atoms with van der Waals surface area (Å²) in [4.78, 5) is 2.52. The van der Waals surface area contributed by atoms with Crippen molar-refractivity contribution in [3.05, 3.63) is 187 Å². The molecule has 0 spiro atoms. The van der Waals surface area contributed by atoms with E-state index in [0.717, 1.165) is 39.9 Å². The van der Waals surface area contributed by atoms with Gasteiger partial charge in [-0.25, -0.2) is 0 Å². The summed E-state index contributed by atoms with van der Waals surface area (Å²) in [7, 11) is 0. The van der Waals surface area contributed by atoms with Crippen LogP contribution in [0.3, 0.4) is 0 Å². The highest BCUT2D eigenvalue weighted by Gasteiger charge is 2.51. The first-order valence-corrected chi connectivity index (χ1v) is 22.3. The molecule has 11 aromatic rings. The Morgan fingerprint density at radius 1 is 0.391 bits per heavy atom. The first kappa shape index (κ1) is 34.7. The number of para-hydroxylation sites is 4. The van der Waals surface area contributed by atoms with Gasteiger partial charge in [-0.05, 0) is 102 Å². The number of hydrogen-bond acceptors (Lipinski definition) is 3. The Morgan fingerprint density at radius 2 is 0.781 bits per heavy atom. The lowest BCUT2D eigenvalue weighted by Gasteiger charge is -2.47. The molecular formula is C57H37B2N3O2. The molecule has 0 amide bonds. The molecule has 0 fully saturated rings. The minimum atomic E-state index is -0.0391. The molecule has 15 rings (SSSR count). The van der Waals surface area contributed by atoms with Crippen LogP contribution in [0.4, 0.5) is 17.1 Å². The van der Waals surface area contributed by atoms with E-state index in [2.05, 4.69) is 205 Å². The van der Waals surface area contributed by atoms with Gasteiger partial charge in [-0.2, -0.15) is 0 Å². The monoisotopic (exact) mass is 817 g/mol. The van der Waals surface area contributed by atoms with E-state index in [4.69, 9.17) is 9.47 Å². The predicted octanol–water partition coefficient (Wildman–Crippen LogP) is 10.1. The van der Waals surface area contributed by atoms with E-state index in [-0.39, 0.29) is 13.4 Å². The summed E-state index contributed by atoms with van der Waals surface area (Å²) in [5.41, 5.74) is 21.3. The van der Waals surface area contributed by atoms with Crippen LogP contribution in [0.15, 0.2) is 170 Å². The fourth-order valence-corrected chi connectivity index (χ4v) is 12.1. The number of fused-ring (bicyclic) bond motifs is 16. The molecule has 64 heavy (non-hydrogen) atoms. The smallest absolute Gasteiger partial charge is 0.256 e. The van der Waals surface area contributed by atoms with Crippen LogP contribution in [-0.4, -0.2) is 22.6 Å². The second-order valence-electron chi connectivity index (χ2n) is 18.2. The molecule has 0 saturated carbocycles. The van der Waals surface area contributed by atoms with Crippen molar-refractivity contribution in [3.63, 3.8) is 0 Å². The zero-order valence-corrected chi connectivity index (χ0v) is 35.5. The van der Waals surface area contributed by atoms with Gasteiger partial charge in [0.2, 0.25) is 0 Å². The van der Waals surface area contributed by atoms with Gasteiger partial charge in [-0.3, -0.25) is 0 Å². The highest BCUT2D eigenvalue weighted by Crippen LogP contribution is 2.48. The van der Waals surface area contributed by atoms with Gasteiger partial charge in [0.15, 0.2) is 0 Å². The maximum Gasteiger partial charge on any atom is 0.256 e. The molecule has 2 aromatic heterocycles. The second-order valence-corrected chi connectivity index (χ2v) is 18.2. The standard InChI is InChI=1S/C57H37B2N3O2/c1-32-20-26-49-43(28-32)58-41-24-22-35(60-45-16-8-4-12-37(45)38-13-5-9-17-46(38)60)30-51(41)63-56-34(3)57-54-55(53(56)58)62(49)50-27-21-33(2)29-44(50)59(54)42-25-23-36(31-52(42)64-57)61-47-18-10-6-14-39(47)40-15-7-11-19-48(40)61/h4-31H,1-3H3. The first-order chi connectivity index (χ1) is 31.5. The van der Waals surface area contributed by atoms with E-state index in [1.807, 2.05) is 0 Å². The molecular weight excluding hydrogens is 780 g/mol. The Hall–Kier alpha value is -7.89. The fourth-order valence-electron chi connectivity index (χ4n) is 12.1. The number of rotatable bonds is 2. The number of aryl methyl sites for hydroxylation is 2. The molecule has 0 atom stereocenters. The molecule has 0 aliphatic carbocycles. The minimum absolute atomic E-state index is 0.0391. The number of nitrogens with zero attached hydrogens (tertiary/aromatic N) is 3. The van der Waals surface area contributed by atoms with Crippen molar-refractivity contribution in [3.8, 4) is 34.4 Å². The third-order valence-corrected chi connectivity index (χ3v) is 14.7. The molecule has 4 aliphatic rings. The average molecular weight is 818 g/mol. The van der Waals surface area contributed by atoms with Crippen LogP contribution in [-0.2, 0) is 0 Å². The topological polar surface area (TPSA) is 31.6 Å². The first-order valence-electron chi connectivity index (χ1n) is 22.3. The molecule has 7 heteroatoms. The molecule has 9 aromatic carbocycles. The Morgan fingerprint density at radius 3 is 1.19 bits per heavy atom. The van der Waals surface area contributed by atoms with Crippen LogP contribution >= 0.6 is 0 Å². The lowest BCUT2D eigenvalue weighted by atomic mass is 9.29. The minimum Gasteiger partial charge on any atom is -0.458 e. The maximum absolute atomic E-state index is 7.39. The highest BCUT2D eigenvalue weighted by molar-refractivity contribution is 7.03. The summed E-state index contributed by atoms with van der Waals surface area (Å²) in [5, 5.41) is 4.96. The average Bonchev–Trinajstić information content (AvgIpc) is 3.85. The highest BCUT2D eigenvalue weighted by atomic mass is 16.5. The number of aromatic nitrogens is 2. The predicted molar refractivity (Wildman–Crippen MR) is 266 cm³/mol. The molecule has 0 N–H and O–H groups in total. The Labute approximate surface area is 370 Å². The van der Waals surface area contributed by atoms with Crippen LogP contribution in [0, 0.1) is 20.8 Å². The van der Waals surface area contributed by atoms with E-state index in [1.54, 1.807) is 0 Å². The van der Waals surface area contributed by atoms with E-state index < -0.39 is 0 Å². The van der Waals surface area contributed by atoms with E-state index in [0.29, 0.717) is 0 Å². The Balaban J connectivity index is 0.988. The number of ether oxygens (including phenoxy) is 2. The lowest BCUT2D eigenvalue weighted by molar-refractivity contribution is 0.459. The van der Waals surface area contributed by atoms with Crippen molar-refractivity contribution in [1.82, 2.24) is 9.13 Å². The summed E-state index contributed by atoms with van der Waals surface area (Å²) in [6.45, 7) is 6.55. The quantitative estimate of drug-likeness (QED) is 0.163. The van der Waals surface area contributed by atoms with Gasteiger partial charge < -0.3 is 23.5 Å². The van der Waals surface area contributed by atoms with Crippen LogP contribution in [0.25, 0.3) is 55.0 Å². The van der Waals surface area contributed by atoms with Gasteiger partial charge in [0, 0.05) is 67.7 Å². The molecule has 0 saturated heterocycles. The third kappa shape index (κ3) is 4.31. The number of benzene rings is 9. The van der Waals surface area contributed by atoms with Gasteiger partial charge in [0.1, 0.15) is 23.0 Å². The summed E-state index contributed by atoms with van der Waals surface area (Å²) >= 11 is 0. The van der Waals surface area contributed by atoms with Crippen molar-refractivity contribution < 1.29 is 9.47 Å². The summed E-state index contributed by atoms with van der Waals surface area (Å²) < 4.78 is 19.5. The molecule has 298 valence electrons. The van der Waals surface area contributed by atoms with Crippen molar-refractivity contribution in [2.75, 3.05) is 4.90 Å². The van der Waals surface area contributed by atoms with Crippen LogP contribution in [0.1, 0.15) is 16.7 Å². The van der Waals surface area contributed by atoms with Crippen molar-refractivity contribution in [2.24, 2.45) is 0 Å². The molecule has 0 unspecified atom stereocenters. The van der Waals surface area contributed by atoms with Crippen LogP contribution in [0.2, 0.25) is 0 Å². The van der Waals surface area contributed by atoms with Gasteiger partial charge in [-0.1, -0.05) is 120 Å². The van der Waals surface area contributed by atoms with Crippen LogP contribution < -0.4 is 47.2 Å². The van der Waals surface area contributed by atoms with E-state index in [1.165, 1.54) is 105 Å². The van der Waals surface area contributed by atoms with Crippen molar-refractivity contribution in [1.29, 1.82) is 0 Å². The maximum atomic E-state index is 7.39. The molecule has 4 aliphatic heterocycles. The third-order valence-electron chi connectivity index (χ3n) is 14.7. The Bertz CT molecular complexity index is 3580. The van der Waals surface area contributed by atoms with Gasteiger partial charge in [-0.15, -0.1) is 0 Å². The van der Waals surface area contributed by atoms with Crippen molar-refractivity contribution in [2.45, 2.75) is 20.8 Å². The van der Waals surface area contributed by atoms with Crippen LogP contribution in [0.5, 0.6) is 23.0 Å². The van der Waals surface area contributed by atoms with Gasteiger partial charge in [0.05, 0.1) is 22.1 Å². The lowest BCUT2D eigenvalue weighted by Crippen LogP contribution is -2.67. The number of anilines is 3. The zero-order valence-electron chi connectivity index (χ0n) is 35.5. The molecule has 0 bridgehead atoms. The summed E-state index contributed by atoms with van der Waals surface area (Å²) in [6.07, 6.45) is 0. The number of hydrogen-bond donors (Lipinski definition) is 0. The SMILES string of the molecule is Cc1ccc2c(c1)B1c3ccc(-n4c5ccccc5c5ccccc54)cc3Oc3c(C)c4c5c(c31)N2c1ccc(C)cc1B5c1ccc(-n2c3ccccc3c3ccccc32)cc1O4. The molecule has 0 radical (unpaired) electrons. The largest absolute Gasteiger partial charge is 0.458 e. The summed E-state index contributed by atoms with van der Waals surface area (Å²) in [6, 6.07) is 62.6. The van der Waals surface area contributed by atoms with Gasteiger partial charge >= 0.3 is 0 Å². The molecule has 6 heterocycles. The fraction of sp³-hybridized carbons (Fsp3) is 0.0526. The van der Waals surface area contributed by atoms with Gasteiger partial charge in [0.25, 0.3) is 13.4 Å².